The molecule has 2 aromatic rings. The van der Waals surface area contributed by atoms with Crippen LogP contribution in [-0.4, -0.2) is 9.78 Å². The van der Waals surface area contributed by atoms with Gasteiger partial charge in [-0.3, -0.25) is 4.68 Å². The molecule has 0 fully saturated rings. The summed E-state index contributed by atoms with van der Waals surface area (Å²) in [6.45, 7) is 7.45. The molecular weight excluding hydrogens is 196 g/mol. The maximum atomic E-state index is 4.29. The first-order valence-corrected chi connectivity index (χ1v) is 5.84. The number of hydrogen-bond donors (Lipinski definition) is 0. The molecule has 2 nitrogen and oxygen atoms in total. The van der Waals surface area contributed by atoms with Crippen molar-refractivity contribution < 1.29 is 0 Å². The lowest BCUT2D eigenvalue weighted by Gasteiger charge is -2.08. The van der Waals surface area contributed by atoms with Gasteiger partial charge >= 0.3 is 0 Å². The van der Waals surface area contributed by atoms with E-state index in [2.05, 4.69) is 56.2 Å². The smallest absolute Gasteiger partial charge is 0.0682 e. The van der Waals surface area contributed by atoms with E-state index in [9.17, 15) is 0 Å². The summed E-state index contributed by atoms with van der Waals surface area (Å²) >= 11 is 0. The summed E-state index contributed by atoms with van der Waals surface area (Å²) in [7, 11) is 0. The Morgan fingerprint density at radius 3 is 2.38 bits per heavy atom. The van der Waals surface area contributed by atoms with Crippen LogP contribution in [0.1, 0.15) is 32.3 Å². The van der Waals surface area contributed by atoms with Crippen LogP contribution in [0.25, 0.3) is 11.3 Å². The van der Waals surface area contributed by atoms with Crippen molar-refractivity contribution in [2.75, 3.05) is 0 Å². The molecule has 0 aliphatic carbocycles. The normalized spacial score (nSPS) is 11.0. The molecule has 0 bridgehead atoms. The van der Waals surface area contributed by atoms with Crippen molar-refractivity contribution in [3.05, 3.63) is 42.1 Å². The van der Waals surface area contributed by atoms with Crippen LogP contribution in [0.3, 0.4) is 0 Å². The topological polar surface area (TPSA) is 17.8 Å². The van der Waals surface area contributed by atoms with E-state index in [-0.39, 0.29) is 0 Å². The highest BCUT2D eigenvalue weighted by atomic mass is 15.3. The quantitative estimate of drug-likeness (QED) is 0.762. The minimum Gasteiger partial charge on any atom is -0.265 e. The first-order chi connectivity index (χ1) is 7.72. The molecule has 0 spiro atoms. The monoisotopic (exact) mass is 214 g/mol. The van der Waals surface area contributed by atoms with Crippen molar-refractivity contribution in [2.45, 2.75) is 33.2 Å². The number of aryl methyl sites for hydroxylation is 1. The highest BCUT2D eigenvalue weighted by Gasteiger charge is 2.04. The van der Waals surface area contributed by atoms with Crippen molar-refractivity contribution in [2.24, 2.45) is 0 Å². The SMILES string of the molecule is CCn1nccc1-c1ccc(C(C)C)cc1. The fourth-order valence-corrected chi connectivity index (χ4v) is 1.87. The Balaban J connectivity index is 2.35. The summed E-state index contributed by atoms with van der Waals surface area (Å²) in [4.78, 5) is 0. The fourth-order valence-electron chi connectivity index (χ4n) is 1.87. The zero-order chi connectivity index (χ0) is 11.5. The second-order valence-electron chi connectivity index (χ2n) is 4.31. The third-order valence-corrected chi connectivity index (χ3v) is 2.89. The van der Waals surface area contributed by atoms with Crippen LogP contribution in [0.15, 0.2) is 36.5 Å². The highest BCUT2D eigenvalue weighted by Crippen LogP contribution is 2.22. The molecule has 0 N–H and O–H groups in total. The van der Waals surface area contributed by atoms with E-state index in [0.29, 0.717) is 5.92 Å². The van der Waals surface area contributed by atoms with Gasteiger partial charge in [-0.25, -0.2) is 0 Å². The van der Waals surface area contributed by atoms with Gasteiger partial charge in [-0.2, -0.15) is 5.10 Å². The minimum absolute atomic E-state index is 0.588. The predicted molar refractivity (Wildman–Crippen MR) is 67.4 cm³/mol. The van der Waals surface area contributed by atoms with E-state index in [1.807, 2.05) is 10.9 Å². The second kappa shape index (κ2) is 4.52. The summed E-state index contributed by atoms with van der Waals surface area (Å²) in [6.07, 6.45) is 1.86. The zero-order valence-corrected chi connectivity index (χ0v) is 10.1. The van der Waals surface area contributed by atoms with Gasteiger partial charge in [-0.05, 0) is 30.0 Å². The Morgan fingerprint density at radius 1 is 1.12 bits per heavy atom. The molecule has 0 saturated carbocycles. The van der Waals surface area contributed by atoms with Gasteiger partial charge in [0.1, 0.15) is 0 Å². The first kappa shape index (κ1) is 10.9. The third-order valence-electron chi connectivity index (χ3n) is 2.89. The Kier molecular flexibility index (Phi) is 3.09. The van der Waals surface area contributed by atoms with E-state index in [1.54, 1.807) is 0 Å². The number of rotatable bonds is 3. The van der Waals surface area contributed by atoms with Gasteiger partial charge in [0.2, 0.25) is 0 Å². The van der Waals surface area contributed by atoms with Crippen LogP contribution in [0.4, 0.5) is 0 Å². The van der Waals surface area contributed by atoms with Crippen LogP contribution in [-0.2, 0) is 6.54 Å². The number of aromatic nitrogens is 2. The Hall–Kier alpha value is -1.57. The zero-order valence-electron chi connectivity index (χ0n) is 10.1. The Bertz CT molecular complexity index is 452. The van der Waals surface area contributed by atoms with Gasteiger partial charge in [0.15, 0.2) is 0 Å². The Labute approximate surface area is 96.9 Å². The molecule has 2 rings (SSSR count). The van der Waals surface area contributed by atoms with E-state index in [0.717, 1.165) is 6.54 Å². The summed E-state index contributed by atoms with van der Waals surface area (Å²) in [6, 6.07) is 10.8. The largest absolute Gasteiger partial charge is 0.265 e. The standard InChI is InChI=1S/C14H18N2/c1-4-16-14(9-10-15-16)13-7-5-12(6-8-13)11(2)3/h5-11H,4H2,1-3H3. The molecule has 1 aromatic heterocycles. The molecule has 2 heteroatoms. The summed E-state index contributed by atoms with van der Waals surface area (Å²) in [5.41, 5.74) is 3.81. The lowest BCUT2D eigenvalue weighted by Crippen LogP contribution is -1.98. The van der Waals surface area contributed by atoms with Crippen LogP contribution in [0.2, 0.25) is 0 Å². The second-order valence-corrected chi connectivity index (χ2v) is 4.31. The van der Waals surface area contributed by atoms with Crippen LogP contribution in [0.5, 0.6) is 0 Å². The van der Waals surface area contributed by atoms with Crippen LogP contribution in [0, 0.1) is 0 Å². The first-order valence-electron chi connectivity index (χ1n) is 5.84. The molecule has 0 aliphatic rings. The average molecular weight is 214 g/mol. The molecule has 1 aromatic carbocycles. The van der Waals surface area contributed by atoms with Gasteiger partial charge in [-0.1, -0.05) is 38.1 Å². The summed E-state index contributed by atoms with van der Waals surface area (Å²) in [5.74, 6) is 0.588. The molecule has 0 saturated heterocycles. The maximum absolute atomic E-state index is 4.29. The fraction of sp³-hybridized carbons (Fsp3) is 0.357. The van der Waals surface area contributed by atoms with Gasteiger partial charge in [-0.15, -0.1) is 0 Å². The lowest BCUT2D eigenvalue weighted by molar-refractivity contribution is 0.667. The van der Waals surface area contributed by atoms with Crippen LogP contribution >= 0.6 is 0 Å². The molecule has 16 heavy (non-hydrogen) atoms. The number of nitrogens with zero attached hydrogens (tertiary/aromatic N) is 2. The molecule has 0 atom stereocenters. The maximum Gasteiger partial charge on any atom is 0.0682 e. The third kappa shape index (κ3) is 2.01. The molecule has 1 heterocycles. The number of hydrogen-bond acceptors (Lipinski definition) is 1. The van der Waals surface area contributed by atoms with E-state index < -0.39 is 0 Å². The minimum atomic E-state index is 0.588. The molecular formula is C14H18N2. The average Bonchev–Trinajstić information content (AvgIpc) is 2.77. The molecule has 0 amide bonds. The van der Waals surface area contributed by atoms with Crippen molar-refractivity contribution in [1.82, 2.24) is 9.78 Å². The molecule has 0 unspecified atom stereocenters. The van der Waals surface area contributed by atoms with E-state index in [1.165, 1.54) is 16.8 Å². The molecule has 84 valence electrons. The molecule has 0 radical (unpaired) electrons. The number of benzene rings is 1. The van der Waals surface area contributed by atoms with E-state index in [4.69, 9.17) is 0 Å². The van der Waals surface area contributed by atoms with Gasteiger partial charge < -0.3 is 0 Å². The Morgan fingerprint density at radius 2 is 1.81 bits per heavy atom. The van der Waals surface area contributed by atoms with Crippen molar-refractivity contribution in [3.8, 4) is 11.3 Å². The molecule has 0 aliphatic heterocycles. The van der Waals surface area contributed by atoms with Gasteiger partial charge in [0, 0.05) is 12.7 Å². The highest BCUT2D eigenvalue weighted by molar-refractivity contribution is 5.59. The van der Waals surface area contributed by atoms with Gasteiger partial charge in [0.25, 0.3) is 0 Å². The van der Waals surface area contributed by atoms with Crippen molar-refractivity contribution >= 4 is 0 Å². The predicted octanol–water partition coefficient (Wildman–Crippen LogP) is 3.69. The van der Waals surface area contributed by atoms with Crippen LogP contribution < -0.4 is 0 Å². The van der Waals surface area contributed by atoms with Crippen molar-refractivity contribution in [3.63, 3.8) is 0 Å². The summed E-state index contributed by atoms with van der Waals surface area (Å²) < 4.78 is 2.02. The van der Waals surface area contributed by atoms with Crippen molar-refractivity contribution in [1.29, 1.82) is 0 Å². The lowest BCUT2D eigenvalue weighted by atomic mass is 10.0. The van der Waals surface area contributed by atoms with E-state index >= 15 is 0 Å². The summed E-state index contributed by atoms with van der Waals surface area (Å²) in [5, 5.41) is 4.29. The van der Waals surface area contributed by atoms with Gasteiger partial charge in [0.05, 0.1) is 5.69 Å².